The van der Waals surface area contributed by atoms with Crippen LogP contribution in [0.15, 0.2) is 12.1 Å². The summed E-state index contributed by atoms with van der Waals surface area (Å²) >= 11 is 0. The van der Waals surface area contributed by atoms with Crippen LogP contribution < -0.4 is 4.90 Å². The predicted molar refractivity (Wildman–Crippen MR) is 160 cm³/mol. The van der Waals surface area contributed by atoms with E-state index >= 15 is 4.39 Å². The number of amides is 1. The third kappa shape index (κ3) is 5.61. The maximum absolute atomic E-state index is 15.4. The molecule has 6 rings (SSSR count). The molecule has 11 heteroatoms. The average Bonchev–Trinajstić information content (AvgIpc) is 3.24. The molecule has 0 spiro atoms. The van der Waals surface area contributed by atoms with Crippen molar-refractivity contribution in [2.24, 2.45) is 11.3 Å². The summed E-state index contributed by atoms with van der Waals surface area (Å²) in [5, 5.41) is 4.97. The number of aromatic amines is 1. The molecule has 3 heterocycles. The van der Waals surface area contributed by atoms with Gasteiger partial charge in [-0.3, -0.25) is 9.69 Å². The molecule has 222 valence electrons. The molecule has 1 aliphatic heterocycles. The van der Waals surface area contributed by atoms with Crippen LogP contribution in [0.4, 0.5) is 10.1 Å². The number of rotatable bonds is 9. The van der Waals surface area contributed by atoms with Crippen LogP contribution in [-0.2, 0) is 33.8 Å². The van der Waals surface area contributed by atoms with Crippen LogP contribution >= 0.6 is 0 Å². The number of aromatic nitrogens is 4. The number of H-pyrrole nitrogens is 1. The molecule has 2 aromatic heterocycles. The van der Waals surface area contributed by atoms with Gasteiger partial charge in [0.15, 0.2) is 11.6 Å². The summed E-state index contributed by atoms with van der Waals surface area (Å²) in [5.74, 6) is 0.638. The highest BCUT2D eigenvalue weighted by Gasteiger charge is 2.54. The molecule has 0 radical (unpaired) electrons. The second-order valence-corrected chi connectivity index (χ2v) is 19.4. The third-order valence-corrected chi connectivity index (χ3v) is 11.0. The van der Waals surface area contributed by atoms with E-state index in [1.54, 1.807) is 13.1 Å². The first-order valence-corrected chi connectivity index (χ1v) is 18.6. The molecule has 3 aromatic rings. The van der Waals surface area contributed by atoms with Gasteiger partial charge in [0, 0.05) is 51.8 Å². The summed E-state index contributed by atoms with van der Waals surface area (Å²) in [7, 11) is 0.504. The molecule has 41 heavy (non-hydrogen) atoms. The van der Waals surface area contributed by atoms with Crippen molar-refractivity contribution in [2.45, 2.75) is 78.0 Å². The Morgan fingerprint density at radius 2 is 2.17 bits per heavy atom. The van der Waals surface area contributed by atoms with Crippen molar-refractivity contribution in [1.29, 1.82) is 0 Å². The maximum Gasteiger partial charge on any atom is 0.243 e. The van der Waals surface area contributed by atoms with Crippen LogP contribution in [0.3, 0.4) is 0 Å². The number of fused-ring (bicyclic) bond motifs is 3. The number of carbonyl (C=O) groups is 1. The number of anilines is 1. The van der Waals surface area contributed by atoms with Gasteiger partial charge in [0.2, 0.25) is 5.91 Å². The molecule has 2 aliphatic carbocycles. The van der Waals surface area contributed by atoms with Gasteiger partial charge in [-0.25, -0.2) is 14.1 Å². The van der Waals surface area contributed by atoms with Crippen LogP contribution in [0.1, 0.15) is 37.9 Å². The van der Waals surface area contributed by atoms with Crippen molar-refractivity contribution in [3.8, 4) is 11.5 Å². The molecule has 1 saturated carbocycles. The van der Waals surface area contributed by atoms with E-state index in [1.165, 1.54) is 28.6 Å². The van der Waals surface area contributed by atoms with Crippen molar-refractivity contribution in [1.82, 2.24) is 24.6 Å². The van der Waals surface area contributed by atoms with E-state index in [-0.39, 0.29) is 17.5 Å². The summed E-state index contributed by atoms with van der Waals surface area (Å²) in [5.41, 5.74) is 4.81. The standard InChI is InChI=1S/C30H43FN6O3Si/c1-19(36-8-7-9-39-17-36)29(38)35(3)21-13-23(31)27-24(14-21)32-28(33-27)26-22-12-20-15-30(20,2)16-25(22)37(34-26)18-40-10-11-41(4,5)6/h13-14,19-20H,7-12,15-18H2,1-6H3,(H,32,33)/t19?,20-,30-/m1/s1. The zero-order valence-corrected chi connectivity index (χ0v) is 26.2. The zero-order chi connectivity index (χ0) is 29.1. The first kappa shape index (κ1) is 28.5. The Hall–Kier alpha value is -2.60. The second-order valence-electron chi connectivity index (χ2n) is 13.7. The van der Waals surface area contributed by atoms with Crippen LogP contribution in [0.5, 0.6) is 0 Å². The van der Waals surface area contributed by atoms with Gasteiger partial charge >= 0.3 is 0 Å². The Balaban J connectivity index is 1.27. The lowest BCUT2D eigenvalue weighted by molar-refractivity contribution is -0.127. The van der Waals surface area contributed by atoms with E-state index in [4.69, 9.17) is 14.6 Å². The number of hydrogen-bond donors (Lipinski definition) is 1. The molecule has 1 unspecified atom stereocenters. The Kier molecular flexibility index (Phi) is 7.36. The first-order chi connectivity index (χ1) is 19.4. The SMILES string of the molecule is CC(C(=O)N(C)c1cc(F)c2nc(-c3nn(COCC[Si](C)(C)C)c4c3C[C@@H]3C[C@]3(C)C4)[nH]c2c1)N1CCCOC1. The highest BCUT2D eigenvalue weighted by atomic mass is 28.3. The third-order valence-electron chi connectivity index (χ3n) is 9.30. The van der Waals surface area contributed by atoms with E-state index in [1.807, 2.05) is 16.5 Å². The summed E-state index contributed by atoms with van der Waals surface area (Å²) in [6, 6.07) is 3.93. The van der Waals surface area contributed by atoms with Crippen molar-refractivity contribution in [2.75, 3.05) is 38.4 Å². The number of ether oxygens (including phenoxy) is 2. The van der Waals surface area contributed by atoms with Crippen LogP contribution in [-0.4, -0.2) is 78.2 Å². The van der Waals surface area contributed by atoms with E-state index < -0.39 is 13.9 Å². The lowest BCUT2D eigenvalue weighted by atomic mass is 9.87. The molecule has 9 nitrogen and oxygen atoms in total. The minimum Gasteiger partial charge on any atom is -0.366 e. The van der Waals surface area contributed by atoms with Gasteiger partial charge in [0.05, 0.1) is 18.3 Å². The van der Waals surface area contributed by atoms with E-state index in [2.05, 4.69) is 36.5 Å². The maximum atomic E-state index is 15.4. The van der Waals surface area contributed by atoms with Gasteiger partial charge in [0.25, 0.3) is 0 Å². The van der Waals surface area contributed by atoms with Gasteiger partial charge < -0.3 is 19.4 Å². The first-order valence-electron chi connectivity index (χ1n) is 14.9. The van der Waals surface area contributed by atoms with E-state index in [0.717, 1.165) is 44.2 Å². The van der Waals surface area contributed by atoms with Crippen LogP contribution in [0.25, 0.3) is 22.6 Å². The molecular weight excluding hydrogens is 539 g/mol. The Labute approximate surface area is 242 Å². The van der Waals surface area contributed by atoms with Crippen molar-refractivity contribution >= 4 is 30.7 Å². The van der Waals surface area contributed by atoms with E-state index in [0.29, 0.717) is 48.4 Å². The van der Waals surface area contributed by atoms with Gasteiger partial charge in [-0.2, -0.15) is 5.10 Å². The van der Waals surface area contributed by atoms with Gasteiger partial charge in [-0.1, -0.05) is 26.6 Å². The highest BCUT2D eigenvalue weighted by Crippen LogP contribution is 2.60. The summed E-state index contributed by atoms with van der Waals surface area (Å²) < 4.78 is 29.0. The quantitative estimate of drug-likeness (QED) is 0.281. The molecule has 1 aromatic carbocycles. The fourth-order valence-corrected chi connectivity index (χ4v) is 7.05. The van der Waals surface area contributed by atoms with Gasteiger partial charge in [-0.05, 0) is 62.1 Å². The number of nitrogens with zero attached hydrogens (tertiary/aromatic N) is 5. The Morgan fingerprint density at radius 3 is 2.90 bits per heavy atom. The minimum atomic E-state index is -1.19. The molecule has 1 N–H and O–H groups in total. The second kappa shape index (κ2) is 10.6. The number of halogens is 1. The normalized spacial score (nSPS) is 23.3. The lowest BCUT2D eigenvalue weighted by Gasteiger charge is -2.33. The van der Waals surface area contributed by atoms with Crippen molar-refractivity contribution < 1.29 is 18.7 Å². The van der Waals surface area contributed by atoms with E-state index in [9.17, 15) is 4.79 Å². The monoisotopic (exact) mass is 582 g/mol. The Morgan fingerprint density at radius 1 is 1.37 bits per heavy atom. The molecule has 3 atom stereocenters. The number of carbonyl (C=O) groups excluding carboxylic acids is 1. The Bertz CT molecular complexity index is 1460. The fraction of sp³-hybridized carbons (Fsp3) is 0.633. The lowest BCUT2D eigenvalue weighted by Crippen LogP contribution is -2.49. The van der Waals surface area contributed by atoms with Gasteiger partial charge in [-0.15, -0.1) is 0 Å². The topological polar surface area (TPSA) is 88.5 Å². The molecule has 1 saturated heterocycles. The summed E-state index contributed by atoms with van der Waals surface area (Å²) in [4.78, 5) is 24.8. The zero-order valence-electron chi connectivity index (χ0n) is 25.2. The highest BCUT2D eigenvalue weighted by molar-refractivity contribution is 6.76. The largest absolute Gasteiger partial charge is 0.366 e. The predicted octanol–water partition coefficient (Wildman–Crippen LogP) is 5.03. The number of hydrogen-bond acceptors (Lipinski definition) is 6. The molecule has 3 aliphatic rings. The minimum absolute atomic E-state index is 0.108. The fourth-order valence-electron chi connectivity index (χ4n) is 6.29. The van der Waals surface area contributed by atoms with Crippen LogP contribution in [0, 0.1) is 17.2 Å². The molecule has 1 amide bonds. The van der Waals surface area contributed by atoms with Gasteiger partial charge in [0.1, 0.15) is 17.9 Å². The summed E-state index contributed by atoms with van der Waals surface area (Å²) in [6.07, 6.45) is 4.04. The number of imidazole rings is 1. The molecule has 2 fully saturated rings. The number of likely N-dealkylation sites (N-methyl/N-ethyl adjacent to an activating group) is 1. The summed E-state index contributed by atoms with van der Waals surface area (Å²) in [6.45, 7) is 14.4. The van der Waals surface area contributed by atoms with Crippen LogP contribution in [0.2, 0.25) is 25.7 Å². The number of benzene rings is 1. The molecule has 0 bridgehead atoms. The van der Waals surface area contributed by atoms with Crippen molar-refractivity contribution in [3.05, 3.63) is 29.2 Å². The molecular formula is C30H43FN6O3Si. The average molecular weight is 583 g/mol. The smallest absolute Gasteiger partial charge is 0.243 e. The van der Waals surface area contributed by atoms with Crippen molar-refractivity contribution in [3.63, 3.8) is 0 Å². The number of nitrogens with one attached hydrogen (secondary N) is 1.